The zero-order chi connectivity index (χ0) is 32.8. The average Bonchev–Trinajstić information content (AvgIpc) is 3.86. The molecule has 2 fully saturated rings. The first-order valence-corrected chi connectivity index (χ1v) is 17.7. The molecule has 0 bridgehead atoms. The van der Waals surface area contributed by atoms with Crippen LogP contribution in [0.2, 0.25) is 0 Å². The lowest BCUT2D eigenvalue weighted by Gasteiger charge is -2.36. The third-order valence-electron chi connectivity index (χ3n) is 10.1. The minimum absolute atomic E-state index is 0.0703. The number of likely N-dealkylation sites (tertiary alicyclic amines) is 2. The van der Waals surface area contributed by atoms with Crippen LogP contribution in [0, 0.1) is 6.92 Å². The predicted octanol–water partition coefficient (Wildman–Crippen LogP) is 8.35. The number of aromatic carboxylic acids is 1. The van der Waals surface area contributed by atoms with Gasteiger partial charge < -0.3 is 19.5 Å². The molecule has 242 valence electrons. The van der Waals surface area contributed by atoms with E-state index in [1.54, 1.807) is 6.07 Å². The van der Waals surface area contributed by atoms with Crippen LogP contribution in [0.4, 0.5) is 0 Å². The van der Waals surface area contributed by atoms with Crippen molar-refractivity contribution in [3.63, 3.8) is 0 Å². The van der Waals surface area contributed by atoms with Crippen LogP contribution in [-0.4, -0.2) is 68.6 Å². The molecule has 0 unspecified atom stereocenters. The molecule has 8 rings (SSSR count). The second-order valence-electron chi connectivity index (χ2n) is 13.1. The second kappa shape index (κ2) is 12.7. The van der Waals surface area contributed by atoms with Gasteiger partial charge in [-0.3, -0.25) is 4.79 Å². The zero-order valence-electron chi connectivity index (χ0n) is 27.1. The molecule has 6 aromatic rings. The van der Waals surface area contributed by atoms with E-state index in [2.05, 4.69) is 83.1 Å². The van der Waals surface area contributed by atoms with Crippen molar-refractivity contribution in [2.45, 2.75) is 45.2 Å². The van der Waals surface area contributed by atoms with Gasteiger partial charge in [0.1, 0.15) is 11.4 Å². The average molecular weight is 655 g/mol. The van der Waals surface area contributed by atoms with E-state index in [1.165, 1.54) is 42.8 Å². The first kappa shape index (κ1) is 30.5. The Hall–Kier alpha value is -4.79. The maximum atomic E-state index is 14.1. The molecule has 0 radical (unpaired) electrons. The summed E-state index contributed by atoms with van der Waals surface area (Å²) in [6.45, 7) is 6.07. The number of aryl methyl sites for hydroxylation is 1. The number of piperidine rings is 1. The van der Waals surface area contributed by atoms with Gasteiger partial charge >= 0.3 is 5.97 Å². The van der Waals surface area contributed by atoms with Gasteiger partial charge in [-0.25, -0.2) is 9.78 Å². The van der Waals surface area contributed by atoms with E-state index in [4.69, 9.17) is 4.98 Å². The molecule has 8 heteroatoms. The molecular formula is C40H38N4O3S. The normalized spacial score (nSPS) is 15.9. The Morgan fingerprint density at radius 3 is 2.35 bits per heavy atom. The summed E-state index contributed by atoms with van der Waals surface area (Å²) >= 11 is 1.27. The fourth-order valence-electron chi connectivity index (χ4n) is 7.63. The van der Waals surface area contributed by atoms with Crippen molar-refractivity contribution in [2.24, 2.45) is 0 Å². The molecule has 0 aliphatic carbocycles. The highest BCUT2D eigenvalue weighted by Crippen LogP contribution is 2.45. The Balaban J connectivity index is 1.22. The molecule has 0 atom stereocenters. The topological polar surface area (TPSA) is 78.7 Å². The van der Waals surface area contributed by atoms with Gasteiger partial charge in [-0.1, -0.05) is 66.2 Å². The molecular weight excluding hydrogens is 617 g/mol. The number of carbonyl (C=O) groups excluding carboxylic acids is 1. The van der Waals surface area contributed by atoms with Gasteiger partial charge in [0.2, 0.25) is 5.91 Å². The van der Waals surface area contributed by atoms with Gasteiger partial charge in [0, 0.05) is 35.6 Å². The molecule has 3 aromatic heterocycles. The first-order valence-electron chi connectivity index (χ1n) is 16.9. The maximum Gasteiger partial charge on any atom is 0.345 e. The molecule has 7 nitrogen and oxygen atoms in total. The van der Waals surface area contributed by atoms with Crippen LogP contribution in [0.3, 0.4) is 0 Å². The highest BCUT2D eigenvalue weighted by Gasteiger charge is 2.30. The summed E-state index contributed by atoms with van der Waals surface area (Å²) in [5.74, 6) is -0.888. The third-order valence-corrected chi connectivity index (χ3v) is 11.2. The lowest BCUT2D eigenvalue weighted by molar-refractivity contribution is -0.133. The second-order valence-corrected chi connectivity index (χ2v) is 14.2. The first-order chi connectivity index (χ1) is 23.4. The number of thiophene rings is 1. The molecule has 2 aliphatic heterocycles. The number of hydrogen-bond acceptors (Lipinski definition) is 5. The van der Waals surface area contributed by atoms with Crippen molar-refractivity contribution < 1.29 is 14.7 Å². The quantitative estimate of drug-likeness (QED) is 0.187. The fraction of sp³-hybridized carbons (Fsp3) is 0.275. The van der Waals surface area contributed by atoms with Gasteiger partial charge in [-0.2, -0.15) is 0 Å². The lowest BCUT2D eigenvalue weighted by Crippen LogP contribution is -2.46. The largest absolute Gasteiger partial charge is 0.477 e. The van der Waals surface area contributed by atoms with Crippen LogP contribution >= 0.6 is 11.3 Å². The minimum Gasteiger partial charge on any atom is -0.477 e. The number of aromatic nitrogens is 2. The number of carboxylic acids is 1. The maximum absolute atomic E-state index is 14.1. The van der Waals surface area contributed by atoms with E-state index < -0.39 is 5.97 Å². The Morgan fingerprint density at radius 2 is 1.60 bits per heavy atom. The minimum atomic E-state index is -0.959. The van der Waals surface area contributed by atoms with Crippen molar-refractivity contribution >= 4 is 44.3 Å². The molecule has 0 spiro atoms. The summed E-state index contributed by atoms with van der Waals surface area (Å²) in [6.07, 6.45) is 4.54. The van der Waals surface area contributed by atoms with E-state index >= 15 is 0 Å². The fourth-order valence-corrected chi connectivity index (χ4v) is 8.69. The number of carboxylic acid groups (broad SMARTS) is 1. The molecule has 3 aromatic carbocycles. The summed E-state index contributed by atoms with van der Waals surface area (Å²) in [7, 11) is 0. The number of benzene rings is 3. The Kier molecular flexibility index (Phi) is 8.06. The van der Waals surface area contributed by atoms with Gasteiger partial charge in [0.15, 0.2) is 0 Å². The van der Waals surface area contributed by atoms with E-state index in [0.29, 0.717) is 6.04 Å². The van der Waals surface area contributed by atoms with E-state index in [-0.39, 0.29) is 17.3 Å². The van der Waals surface area contributed by atoms with E-state index in [9.17, 15) is 14.7 Å². The molecule has 48 heavy (non-hydrogen) atoms. The number of hydrogen-bond donors (Lipinski definition) is 1. The van der Waals surface area contributed by atoms with Gasteiger partial charge in [-0.05, 0) is 87.2 Å². The lowest BCUT2D eigenvalue weighted by atomic mass is 9.99. The van der Waals surface area contributed by atoms with Crippen molar-refractivity contribution in [3.05, 3.63) is 101 Å². The van der Waals surface area contributed by atoms with Crippen LogP contribution in [0.5, 0.6) is 0 Å². The van der Waals surface area contributed by atoms with Crippen LogP contribution in [-0.2, 0) is 11.3 Å². The Labute approximate surface area is 284 Å². The van der Waals surface area contributed by atoms with Crippen LogP contribution in [0.25, 0.3) is 54.8 Å². The van der Waals surface area contributed by atoms with Gasteiger partial charge in [0.25, 0.3) is 0 Å². The molecule has 0 saturated carbocycles. The summed E-state index contributed by atoms with van der Waals surface area (Å²) < 4.78 is 2.94. The van der Waals surface area contributed by atoms with Crippen LogP contribution in [0.1, 0.15) is 40.9 Å². The smallest absolute Gasteiger partial charge is 0.345 e. The number of pyridine rings is 1. The molecule has 5 heterocycles. The monoisotopic (exact) mass is 654 g/mol. The number of carbonyl (C=O) groups is 2. The van der Waals surface area contributed by atoms with Crippen molar-refractivity contribution in [1.82, 2.24) is 19.4 Å². The highest BCUT2D eigenvalue weighted by molar-refractivity contribution is 7.21. The molecule has 1 N–H and O–H groups in total. The molecule has 1 amide bonds. The third kappa shape index (κ3) is 5.69. The van der Waals surface area contributed by atoms with Gasteiger partial charge in [-0.15, -0.1) is 11.3 Å². The van der Waals surface area contributed by atoms with E-state index in [1.807, 2.05) is 23.1 Å². The zero-order valence-corrected chi connectivity index (χ0v) is 27.9. The van der Waals surface area contributed by atoms with E-state index in [0.717, 1.165) is 80.7 Å². The number of nitrogens with zero attached hydrogens (tertiary/aromatic N) is 4. The number of fused-ring (bicyclic) bond motifs is 2. The molecule has 2 saturated heterocycles. The van der Waals surface area contributed by atoms with Crippen molar-refractivity contribution in [3.8, 4) is 33.6 Å². The Bertz CT molecular complexity index is 2150. The number of rotatable bonds is 7. The highest BCUT2D eigenvalue weighted by atomic mass is 32.1. The summed E-state index contributed by atoms with van der Waals surface area (Å²) in [4.78, 5) is 36.2. The summed E-state index contributed by atoms with van der Waals surface area (Å²) in [6, 6.07) is 31.2. The van der Waals surface area contributed by atoms with Gasteiger partial charge in [0.05, 0.1) is 27.1 Å². The number of amides is 1. The predicted molar refractivity (Wildman–Crippen MR) is 194 cm³/mol. The SMILES string of the molecule is Cc1cccc(-c2ccc3cc(-c4c(-c5ccccc5)c5sc(C(=O)O)cc5n4CC(=O)N4CCC(N5CCCC5)CC4)ccc3n2)c1. The van der Waals surface area contributed by atoms with Crippen LogP contribution < -0.4 is 0 Å². The standard InChI is InChI=1S/C40H38N4O3S/c1-26-8-7-11-28(22-26)32-14-12-29-23-30(13-15-33(29)41-32)38-37(27-9-3-2-4-10-27)39-34(24-35(48-39)40(46)47)44(38)25-36(45)43-20-16-31(17-21-43)42-18-5-6-19-42/h2-4,7-15,22-24,31H,5-6,16-21,25H2,1H3,(H,46,47). The summed E-state index contributed by atoms with van der Waals surface area (Å²) in [5, 5.41) is 11.0. The summed E-state index contributed by atoms with van der Waals surface area (Å²) in [5.41, 5.74) is 8.69. The molecule has 2 aliphatic rings. The van der Waals surface area contributed by atoms with Crippen molar-refractivity contribution in [2.75, 3.05) is 26.2 Å². The Morgan fingerprint density at radius 1 is 0.833 bits per heavy atom. The van der Waals surface area contributed by atoms with Crippen molar-refractivity contribution in [1.29, 1.82) is 0 Å². The van der Waals surface area contributed by atoms with Crippen LogP contribution in [0.15, 0.2) is 91.0 Å².